The molecule has 0 amide bonds. The zero-order valence-electron chi connectivity index (χ0n) is 15.7. The highest BCUT2D eigenvalue weighted by Crippen LogP contribution is 2.20. The van der Waals surface area contributed by atoms with Crippen molar-refractivity contribution < 1.29 is 49.0 Å². The fourth-order valence-electron chi connectivity index (χ4n) is 2.43. The van der Waals surface area contributed by atoms with Gasteiger partial charge in [-0.25, -0.2) is 39.1 Å². The highest BCUT2D eigenvalue weighted by molar-refractivity contribution is 5.85. The Morgan fingerprint density at radius 2 is 1.41 bits per heavy atom. The summed E-state index contributed by atoms with van der Waals surface area (Å²) in [5, 5.41) is 9.56. The van der Waals surface area contributed by atoms with E-state index in [0.29, 0.717) is 0 Å². The molecule has 1 aromatic carbocycles. The minimum Gasteiger partial charge on any atom is -0.393 e. The largest absolute Gasteiger partial charge is 0.393 e. The number of ketones is 1. The van der Waals surface area contributed by atoms with E-state index in [0.717, 1.165) is 5.56 Å². The van der Waals surface area contributed by atoms with Crippen molar-refractivity contribution in [3.8, 4) is 0 Å². The maximum Gasteiger partial charge on any atom is 0.183 e. The molecular weight excluding hydrogens is 364 g/mol. The fourth-order valence-corrected chi connectivity index (χ4v) is 2.43. The van der Waals surface area contributed by atoms with E-state index < -0.39 is 31.0 Å². The zero-order chi connectivity index (χ0) is 20.1. The summed E-state index contributed by atoms with van der Waals surface area (Å²) in [4.78, 5) is 52.0. The van der Waals surface area contributed by atoms with Gasteiger partial charge in [0.05, 0.1) is 35.0 Å². The van der Waals surface area contributed by atoms with E-state index in [1.807, 2.05) is 18.2 Å². The van der Waals surface area contributed by atoms with Gasteiger partial charge in [-0.05, 0) is 5.56 Å². The van der Waals surface area contributed by atoms with Crippen molar-refractivity contribution in [2.45, 2.75) is 30.8 Å². The third-order valence-electron chi connectivity index (χ3n) is 3.54. The van der Waals surface area contributed by atoms with Crippen LogP contribution in [0, 0.1) is 0 Å². The standard InChI is InChI=1S/C17H26O10/c1-20-24-14(11-18)16(26-22-3)17(27-23-4)15(25-21-2)13(19)10-12-8-6-5-7-9-12/h5-9,14-18H,10-11H2,1-4H3/t14-,15-,16+,17+/m0/s1. The predicted molar refractivity (Wildman–Crippen MR) is 89.8 cm³/mol. The van der Waals surface area contributed by atoms with Crippen molar-refractivity contribution >= 4 is 5.78 Å². The van der Waals surface area contributed by atoms with Crippen LogP contribution in [0.4, 0.5) is 0 Å². The second-order valence-electron chi connectivity index (χ2n) is 5.25. The minimum atomic E-state index is -1.29. The summed E-state index contributed by atoms with van der Waals surface area (Å²) in [5.41, 5.74) is 0.763. The Hall–Kier alpha value is -1.47. The van der Waals surface area contributed by atoms with Crippen LogP contribution >= 0.6 is 0 Å². The van der Waals surface area contributed by atoms with Gasteiger partial charge in [0.1, 0.15) is 6.10 Å². The number of carbonyl (C=O) groups excluding carboxylic acids is 1. The summed E-state index contributed by atoms with van der Waals surface area (Å²) in [6.45, 7) is -0.530. The lowest BCUT2D eigenvalue weighted by Gasteiger charge is -2.32. The summed E-state index contributed by atoms with van der Waals surface area (Å²) >= 11 is 0. The number of aliphatic hydroxyl groups is 1. The summed E-state index contributed by atoms with van der Waals surface area (Å²) in [7, 11) is 4.99. The second-order valence-corrected chi connectivity index (χ2v) is 5.25. The molecule has 0 saturated carbocycles. The first-order valence-electron chi connectivity index (χ1n) is 8.08. The molecule has 0 fully saturated rings. The quantitative estimate of drug-likeness (QED) is 0.337. The molecule has 0 aliphatic heterocycles. The molecule has 0 aliphatic rings. The Labute approximate surface area is 157 Å². The number of benzene rings is 1. The second kappa shape index (κ2) is 13.7. The molecule has 1 N–H and O–H groups in total. The van der Waals surface area contributed by atoms with Crippen LogP contribution in [0.1, 0.15) is 5.56 Å². The van der Waals surface area contributed by atoms with Crippen molar-refractivity contribution in [2.24, 2.45) is 0 Å². The van der Waals surface area contributed by atoms with Crippen LogP contribution in [0.2, 0.25) is 0 Å². The molecule has 0 radical (unpaired) electrons. The Morgan fingerprint density at radius 3 is 1.93 bits per heavy atom. The monoisotopic (exact) mass is 390 g/mol. The number of carbonyl (C=O) groups is 1. The lowest BCUT2D eigenvalue weighted by molar-refractivity contribution is -0.435. The van der Waals surface area contributed by atoms with Gasteiger partial charge in [0.2, 0.25) is 0 Å². The molecule has 1 rings (SSSR count). The maximum atomic E-state index is 12.8. The summed E-state index contributed by atoms with van der Waals surface area (Å²) in [5.74, 6) is -0.385. The van der Waals surface area contributed by atoms with Gasteiger partial charge in [-0.1, -0.05) is 30.3 Å². The third kappa shape index (κ3) is 7.58. The zero-order valence-corrected chi connectivity index (χ0v) is 15.7. The lowest BCUT2D eigenvalue weighted by Crippen LogP contribution is -2.53. The topological polar surface area (TPSA) is 111 Å². The highest BCUT2D eigenvalue weighted by Gasteiger charge is 2.44. The molecule has 0 unspecified atom stereocenters. The van der Waals surface area contributed by atoms with E-state index in [1.54, 1.807) is 12.1 Å². The maximum absolute atomic E-state index is 12.8. The first-order chi connectivity index (χ1) is 13.1. The molecule has 0 aliphatic carbocycles. The van der Waals surface area contributed by atoms with Crippen molar-refractivity contribution in [3.05, 3.63) is 35.9 Å². The van der Waals surface area contributed by atoms with E-state index >= 15 is 0 Å². The van der Waals surface area contributed by atoms with E-state index in [-0.39, 0.29) is 12.2 Å². The van der Waals surface area contributed by atoms with Crippen LogP contribution in [0.25, 0.3) is 0 Å². The van der Waals surface area contributed by atoms with E-state index in [4.69, 9.17) is 34.2 Å². The molecule has 0 spiro atoms. The Morgan fingerprint density at radius 1 is 0.852 bits per heavy atom. The number of rotatable bonds is 15. The molecule has 0 heterocycles. The molecule has 10 heteroatoms. The molecule has 0 bridgehead atoms. The summed E-state index contributed by atoms with van der Waals surface area (Å²) < 4.78 is 0. The first kappa shape index (κ1) is 23.6. The normalized spacial score (nSPS) is 15.9. The molecule has 1 aromatic rings. The summed E-state index contributed by atoms with van der Waals surface area (Å²) in [6, 6.07) is 9.04. The van der Waals surface area contributed by atoms with Crippen LogP contribution in [0.5, 0.6) is 0 Å². The van der Waals surface area contributed by atoms with E-state index in [2.05, 4.69) is 4.89 Å². The van der Waals surface area contributed by atoms with Crippen LogP contribution in [-0.4, -0.2) is 70.4 Å². The number of aliphatic hydroxyl groups excluding tert-OH is 1. The van der Waals surface area contributed by atoms with Crippen molar-refractivity contribution in [2.75, 3.05) is 35.0 Å². The van der Waals surface area contributed by atoms with Crippen LogP contribution < -0.4 is 0 Å². The van der Waals surface area contributed by atoms with Crippen molar-refractivity contribution in [3.63, 3.8) is 0 Å². The summed E-state index contributed by atoms with van der Waals surface area (Å²) in [6.07, 6.45) is -4.72. The third-order valence-corrected chi connectivity index (χ3v) is 3.54. The van der Waals surface area contributed by atoms with Gasteiger partial charge < -0.3 is 5.11 Å². The molecule has 27 heavy (non-hydrogen) atoms. The first-order valence-corrected chi connectivity index (χ1v) is 8.08. The smallest absolute Gasteiger partial charge is 0.183 e. The molecule has 10 nitrogen and oxygen atoms in total. The number of hydrogen-bond acceptors (Lipinski definition) is 10. The van der Waals surface area contributed by atoms with Crippen LogP contribution in [0.15, 0.2) is 30.3 Å². The van der Waals surface area contributed by atoms with Gasteiger partial charge >= 0.3 is 0 Å². The van der Waals surface area contributed by atoms with Gasteiger partial charge in [0.25, 0.3) is 0 Å². The number of hydrogen-bond donors (Lipinski definition) is 1. The lowest BCUT2D eigenvalue weighted by atomic mass is 9.96. The Bertz CT molecular complexity index is 512. The van der Waals surface area contributed by atoms with Crippen LogP contribution in [0.3, 0.4) is 0 Å². The molecule has 4 atom stereocenters. The Balaban J connectivity index is 3.10. The Kier molecular flexibility index (Phi) is 11.9. The minimum absolute atomic E-state index is 0.0348. The van der Waals surface area contributed by atoms with E-state index in [1.165, 1.54) is 28.4 Å². The number of Topliss-reactive ketones (excluding diaryl/α,β-unsaturated/α-hetero) is 1. The average molecular weight is 390 g/mol. The van der Waals surface area contributed by atoms with Gasteiger partial charge in [-0.2, -0.15) is 0 Å². The highest BCUT2D eigenvalue weighted by atomic mass is 17.2. The SMILES string of the molecule is COO[C@@H]([C@H](OOC)[C@@H](OOC)C(=O)Cc1ccccc1)[C@H](CO)OOC. The molecule has 154 valence electrons. The predicted octanol–water partition coefficient (Wildman–Crippen LogP) is 0.577. The molecule has 0 aromatic heterocycles. The van der Waals surface area contributed by atoms with Gasteiger partial charge in [-0.15, -0.1) is 0 Å². The van der Waals surface area contributed by atoms with Gasteiger partial charge in [0, 0.05) is 6.42 Å². The van der Waals surface area contributed by atoms with Gasteiger partial charge in [-0.3, -0.25) is 4.79 Å². The molecular formula is C17H26O10. The molecule has 0 saturated heterocycles. The van der Waals surface area contributed by atoms with E-state index in [9.17, 15) is 9.90 Å². The van der Waals surface area contributed by atoms with Crippen LogP contribution in [-0.2, 0) is 50.3 Å². The fraction of sp³-hybridized carbons (Fsp3) is 0.588. The van der Waals surface area contributed by atoms with Gasteiger partial charge in [0.15, 0.2) is 24.1 Å². The average Bonchev–Trinajstić information content (AvgIpc) is 2.68. The van der Waals surface area contributed by atoms with Crippen molar-refractivity contribution in [1.29, 1.82) is 0 Å². The van der Waals surface area contributed by atoms with Crippen molar-refractivity contribution in [1.82, 2.24) is 0 Å².